The van der Waals surface area contributed by atoms with Crippen LogP contribution in [0.3, 0.4) is 0 Å². The van der Waals surface area contributed by atoms with E-state index < -0.39 is 0 Å². The minimum Gasteiger partial charge on any atom is -0.334 e. The molecule has 1 aromatic carbocycles. The van der Waals surface area contributed by atoms with Crippen molar-refractivity contribution in [2.75, 3.05) is 26.2 Å². The maximum Gasteiger partial charge on any atom is 0.254 e. The minimum atomic E-state index is 0. The molecule has 0 unspecified atom stereocenters. The fraction of sp³-hybridized carbons (Fsp3) is 0.450. The van der Waals surface area contributed by atoms with Crippen LogP contribution in [0.2, 0.25) is 0 Å². The van der Waals surface area contributed by atoms with Gasteiger partial charge in [-0.25, -0.2) is 9.97 Å². The predicted octanol–water partition coefficient (Wildman–Crippen LogP) is 3.27. The lowest BCUT2D eigenvalue weighted by Gasteiger charge is -2.28. The molecule has 0 aliphatic carbocycles. The number of halogens is 1. The average Bonchev–Trinajstić information content (AvgIpc) is 3.34. The highest BCUT2D eigenvalue weighted by Crippen LogP contribution is 2.24. The van der Waals surface area contributed by atoms with Gasteiger partial charge in [-0.2, -0.15) is 0 Å². The van der Waals surface area contributed by atoms with E-state index in [0.29, 0.717) is 6.04 Å². The van der Waals surface area contributed by atoms with Gasteiger partial charge in [-0.05, 0) is 56.5 Å². The molecule has 3 heterocycles. The molecule has 5 nitrogen and oxygen atoms in total. The standard InChI is InChI=1S/C20H24N4O.ClH/c25-20(24-11-3-4-19(24)14-23-9-1-2-10-23)17-7-5-16(6-8-17)18-12-21-15-22-13-18;/h5-8,12-13,15,19H,1-4,9-11,14H2;1H/t19-;/m0./s1. The van der Waals surface area contributed by atoms with Gasteiger partial charge in [0.1, 0.15) is 6.33 Å². The van der Waals surface area contributed by atoms with E-state index in [1.165, 1.54) is 32.3 Å². The second-order valence-corrected chi connectivity index (χ2v) is 7.01. The Morgan fingerprint density at radius 3 is 2.35 bits per heavy atom. The van der Waals surface area contributed by atoms with Crippen molar-refractivity contribution < 1.29 is 4.79 Å². The second kappa shape index (κ2) is 8.60. The molecule has 0 bridgehead atoms. The van der Waals surface area contributed by atoms with Crippen LogP contribution in [-0.2, 0) is 0 Å². The van der Waals surface area contributed by atoms with Gasteiger partial charge in [0.15, 0.2) is 0 Å². The molecule has 2 saturated heterocycles. The van der Waals surface area contributed by atoms with E-state index in [4.69, 9.17) is 0 Å². The van der Waals surface area contributed by atoms with Gasteiger partial charge in [-0.1, -0.05) is 12.1 Å². The first-order valence-electron chi connectivity index (χ1n) is 9.20. The summed E-state index contributed by atoms with van der Waals surface area (Å²) >= 11 is 0. The summed E-state index contributed by atoms with van der Waals surface area (Å²) in [6.45, 7) is 4.29. The monoisotopic (exact) mass is 372 g/mol. The number of hydrogen-bond acceptors (Lipinski definition) is 4. The largest absolute Gasteiger partial charge is 0.334 e. The molecule has 26 heavy (non-hydrogen) atoms. The Bertz CT molecular complexity index is 716. The van der Waals surface area contributed by atoms with Crippen molar-refractivity contribution in [1.82, 2.24) is 19.8 Å². The van der Waals surface area contributed by atoms with E-state index in [0.717, 1.165) is 42.6 Å². The lowest BCUT2D eigenvalue weighted by molar-refractivity contribution is 0.0709. The van der Waals surface area contributed by atoms with E-state index in [2.05, 4.69) is 19.8 Å². The van der Waals surface area contributed by atoms with E-state index >= 15 is 0 Å². The quantitative estimate of drug-likeness (QED) is 0.826. The van der Waals surface area contributed by atoms with Crippen molar-refractivity contribution in [2.24, 2.45) is 0 Å². The van der Waals surface area contributed by atoms with E-state index in [-0.39, 0.29) is 18.3 Å². The molecule has 2 aliphatic heterocycles. The summed E-state index contributed by atoms with van der Waals surface area (Å²) in [7, 11) is 0. The van der Waals surface area contributed by atoms with E-state index in [9.17, 15) is 4.79 Å². The Balaban J connectivity index is 0.00000196. The topological polar surface area (TPSA) is 49.3 Å². The lowest BCUT2D eigenvalue weighted by Crippen LogP contribution is -2.42. The average molecular weight is 373 g/mol. The first kappa shape index (κ1) is 18.8. The number of benzene rings is 1. The number of likely N-dealkylation sites (tertiary alicyclic amines) is 2. The molecule has 0 saturated carbocycles. The van der Waals surface area contributed by atoms with Crippen LogP contribution < -0.4 is 0 Å². The fourth-order valence-electron chi connectivity index (χ4n) is 3.98. The molecule has 0 spiro atoms. The SMILES string of the molecule is Cl.O=C(c1ccc(-c2cncnc2)cc1)N1CCC[C@H]1CN1CCCC1. The first-order valence-corrected chi connectivity index (χ1v) is 9.20. The summed E-state index contributed by atoms with van der Waals surface area (Å²) in [5.74, 6) is 0.164. The first-order chi connectivity index (χ1) is 12.3. The molecule has 2 aliphatic rings. The van der Waals surface area contributed by atoms with Crippen LogP contribution in [0, 0.1) is 0 Å². The van der Waals surface area contributed by atoms with Crippen LogP contribution in [0.4, 0.5) is 0 Å². The van der Waals surface area contributed by atoms with Gasteiger partial charge < -0.3 is 9.80 Å². The summed E-state index contributed by atoms with van der Waals surface area (Å²) < 4.78 is 0. The highest BCUT2D eigenvalue weighted by Gasteiger charge is 2.31. The highest BCUT2D eigenvalue weighted by atomic mass is 35.5. The Labute approximate surface area is 160 Å². The molecule has 2 fully saturated rings. The van der Waals surface area contributed by atoms with Gasteiger partial charge in [-0.3, -0.25) is 4.79 Å². The number of carbonyl (C=O) groups excluding carboxylic acids is 1. The summed E-state index contributed by atoms with van der Waals surface area (Å²) in [5.41, 5.74) is 2.77. The van der Waals surface area contributed by atoms with Crippen molar-refractivity contribution in [2.45, 2.75) is 31.7 Å². The summed E-state index contributed by atoms with van der Waals surface area (Å²) in [5, 5.41) is 0. The van der Waals surface area contributed by atoms with Crippen molar-refractivity contribution in [3.8, 4) is 11.1 Å². The lowest BCUT2D eigenvalue weighted by atomic mass is 10.1. The fourth-order valence-corrected chi connectivity index (χ4v) is 3.98. The molecule has 138 valence electrons. The maximum atomic E-state index is 13.0. The molecule has 0 radical (unpaired) electrons. The van der Waals surface area contributed by atoms with Gasteiger partial charge in [-0.15, -0.1) is 12.4 Å². The van der Waals surface area contributed by atoms with Crippen molar-refractivity contribution in [1.29, 1.82) is 0 Å². The van der Waals surface area contributed by atoms with Crippen LogP contribution in [0.25, 0.3) is 11.1 Å². The Kier molecular flexibility index (Phi) is 6.22. The highest BCUT2D eigenvalue weighted by molar-refractivity contribution is 5.95. The van der Waals surface area contributed by atoms with Crippen LogP contribution in [0.15, 0.2) is 43.0 Å². The van der Waals surface area contributed by atoms with Crippen LogP contribution in [-0.4, -0.2) is 57.9 Å². The third kappa shape index (κ3) is 4.05. The smallest absolute Gasteiger partial charge is 0.254 e. The van der Waals surface area contributed by atoms with Gasteiger partial charge >= 0.3 is 0 Å². The number of rotatable bonds is 4. The minimum absolute atomic E-state index is 0. The van der Waals surface area contributed by atoms with E-state index in [1.54, 1.807) is 12.4 Å². The van der Waals surface area contributed by atoms with Gasteiger partial charge in [0, 0.05) is 42.7 Å². The summed E-state index contributed by atoms with van der Waals surface area (Å²) in [6.07, 6.45) is 9.93. The number of aromatic nitrogens is 2. The summed E-state index contributed by atoms with van der Waals surface area (Å²) in [6, 6.07) is 8.19. The van der Waals surface area contributed by atoms with Gasteiger partial charge in [0.25, 0.3) is 5.91 Å². The maximum absolute atomic E-state index is 13.0. The van der Waals surface area contributed by atoms with Crippen molar-refractivity contribution in [3.63, 3.8) is 0 Å². The van der Waals surface area contributed by atoms with Crippen molar-refractivity contribution >= 4 is 18.3 Å². The predicted molar refractivity (Wildman–Crippen MR) is 104 cm³/mol. The zero-order valence-electron chi connectivity index (χ0n) is 14.9. The normalized spacial score (nSPS) is 20.2. The van der Waals surface area contributed by atoms with Crippen LogP contribution in [0.5, 0.6) is 0 Å². The number of amides is 1. The molecule has 4 rings (SSSR count). The zero-order chi connectivity index (χ0) is 17.1. The second-order valence-electron chi connectivity index (χ2n) is 7.01. The third-order valence-electron chi connectivity index (χ3n) is 5.33. The third-order valence-corrected chi connectivity index (χ3v) is 5.33. The molecule has 0 N–H and O–H groups in total. The summed E-state index contributed by atoms with van der Waals surface area (Å²) in [4.78, 5) is 25.7. The van der Waals surface area contributed by atoms with Crippen LogP contribution in [0.1, 0.15) is 36.0 Å². The van der Waals surface area contributed by atoms with Gasteiger partial charge in [0.2, 0.25) is 0 Å². The Morgan fingerprint density at radius 1 is 0.962 bits per heavy atom. The molecule has 6 heteroatoms. The van der Waals surface area contributed by atoms with E-state index in [1.807, 2.05) is 24.3 Å². The Hall–Kier alpha value is -1.98. The van der Waals surface area contributed by atoms with Crippen LogP contribution >= 0.6 is 12.4 Å². The molecule has 1 aromatic heterocycles. The number of hydrogen-bond donors (Lipinski definition) is 0. The number of nitrogens with zero attached hydrogens (tertiary/aromatic N) is 4. The van der Waals surface area contributed by atoms with Gasteiger partial charge in [0.05, 0.1) is 0 Å². The Morgan fingerprint density at radius 2 is 1.65 bits per heavy atom. The molecule has 2 aromatic rings. The molecule has 1 atom stereocenters. The molecule has 1 amide bonds. The molecular formula is C20H25ClN4O. The molecular weight excluding hydrogens is 348 g/mol. The number of carbonyl (C=O) groups is 1. The van der Waals surface area contributed by atoms with Crippen molar-refractivity contribution in [3.05, 3.63) is 48.5 Å². The zero-order valence-corrected chi connectivity index (χ0v) is 15.7.